The molecular weight excluding hydrogens is 378 g/mol. The largest absolute Gasteiger partial charge is 0.147 e. The van der Waals surface area contributed by atoms with Gasteiger partial charge in [-0.1, -0.05) is 0 Å². The first-order valence-corrected chi connectivity index (χ1v) is 9.98. The average molecular weight is 405 g/mol. The van der Waals surface area contributed by atoms with Crippen LogP contribution in [0, 0.1) is 0 Å². The topological polar surface area (TPSA) is 0 Å². The van der Waals surface area contributed by atoms with E-state index in [-0.39, 0.29) is 24.8 Å². The Hall–Kier alpha value is 0.163. The van der Waals surface area contributed by atoms with E-state index >= 15 is 0 Å². The number of halogens is 2. The first-order valence-electron chi connectivity index (χ1n) is 7.52. The van der Waals surface area contributed by atoms with Crippen molar-refractivity contribution in [3.8, 4) is 0 Å². The van der Waals surface area contributed by atoms with Crippen LogP contribution in [0.5, 0.6) is 0 Å². The third kappa shape index (κ3) is 7.82. The van der Waals surface area contributed by atoms with Gasteiger partial charge < -0.3 is 0 Å². The standard InChI is InChI=1S/C13H19.C5H5.2ClH.Zr/c1-2-3-4-5-6-7-10-13-11-8-9-12-13;1-2-4-5-3-1;;;/h2,8,11H,1,3-7,9-10H2;1-3H,4H2;2*1H;. The third-order valence-corrected chi connectivity index (χ3v) is 7.45. The van der Waals surface area contributed by atoms with Crippen LogP contribution in [0.2, 0.25) is 0 Å². The van der Waals surface area contributed by atoms with E-state index in [9.17, 15) is 0 Å². The molecule has 0 radical (unpaired) electrons. The summed E-state index contributed by atoms with van der Waals surface area (Å²) in [4.78, 5) is 0. The molecule has 0 aromatic rings. The minimum atomic E-state index is -0.426. The van der Waals surface area contributed by atoms with Crippen LogP contribution in [0.15, 0.2) is 55.2 Å². The van der Waals surface area contributed by atoms with Crippen LogP contribution in [-0.2, 0) is 23.2 Å². The van der Waals surface area contributed by atoms with Gasteiger partial charge in [-0.05, 0) is 0 Å². The molecule has 0 aromatic heterocycles. The number of allylic oxidation sites excluding steroid dienone is 9. The fraction of sp³-hybridized carbons (Fsp3) is 0.444. The Morgan fingerprint density at radius 2 is 1.86 bits per heavy atom. The minimum Gasteiger partial charge on any atom is -0.147 e. The van der Waals surface area contributed by atoms with Crippen LogP contribution < -0.4 is 0 Å². The molecule has 0 saturated carbocycles. The SMILES string of the molecule is C=CCCCCCCC1=[C]([Zr][C]2=CC=CC2)CC=C1.Cl.Cl. The number of rotatable bonds is 9. The number of hydrogen-bond donors (Lipinski definition) is 0. The van der Waals surface area contributed by atoms with E-state index in [2.05, 4.69) is 37.0 Å². The Morgan fingerprint density at radius 1 is 1.05 bits per heavy atom. The molecule has 2 aliphatic rings. The van der Waals surface area contributed by atoms with Crippen molar-refractivity contribution in [2.24, 2.45) is 0 Å². The molecule has 0 fully saturated rings. The predicted octanol–water partition coefficient (Wildman–Crippen LogP) is 6.50. The Balaban J connectivity index is 0.00000200. The molecule has 0 atom stereocenters. The van der Waals surface area contributed by atoms with Crippen LogP contribution in [0.1, 0.15) is 51.4 Å². The van der Waals surface area contributed by atoms with E-state index in [4.69, 9.17) is 0 Å². The van der Waals surface area contributed by atoms with Crippen LogP contribution >= 0.6 is 24.8 Å². The molecule has 21 heavy (non-hydrogen) atoms. The number of unbranched alkanes of at least 4 members (excludes halogenated alkanes) is 4. The first-order chi connectivity index (χ1) is 9.40. The molecule has 3 heteroatoms. The van der Waals surface area contributed by atoms with E-state index in [0.29, 0.717) is 0 Å². The zero-order chi connectivity index (χ0) is 13.3. The molecule has 0 N–H and O–H groups in total. The zero-order valence-electron chi connectivity index (χ0n) is 12.6. The third-order valence-electron chi connectivity index (χ3n) is 3.72. The van der Waals surface area contributed by atoms with Crippen molar-refractivity contribution in [1.82, 2.24) is 0 Å². The molecule has 2 aliphatic carbocycles. The van der Waals surface area contributed by atoms with Crippen LogP contribution in [0.4, 0.5) is 0 Å². The maximum Gasteiger partial charge on any atom is -0.147 e. The molecule has 0 amide bonds. The van der Waals surface area contributed by atoms with Crippen molar-refractivity contribution in [3.63, 3.8) is 0 Å². The second-order valence-corrected chi connectivity index (χ2v) is 8.98. The quantitative estimate of drug-likeness (QED) is 0.304. The second-order valence-electron chi connectivity index (χ2n) is 5.30. The summed E-state index contributed by atoms with van der Waals surface area (Å²) in [6, 6.07) is 0. The maximum absolute atomic E-state index is 3.78. The molecule has 2 rings (SSSR count). The first kappa shape index (κ1) is 21.2. The second kappa shape index (κ2) is 12.7. The van der Waals surface area contributed by atoms with Gasteiger partial charge >= 0.3 is 130 Å². The Morgan fingerprint density at radius 3 is 2.57 bits per heavy atom. The molecule has 0 unspecified atom stereocenters. The van der Waals surface area contributed by atoms with Gasteiger partial charge in [0, 0.05) is 0 Å². The van der Waals surface area contributed by atoms with E-state index in [1.54, 1.807) is 8.85 Å². The van der Waals surface area contributed by atoms with Gasteiger partial charge in [-0.2, -0.15) is 0 Å². The zero-order valence-corrected chi connectivity index (χ0v) is 16.7. The van der Waals surface area contributed by atoms with E-state index in [0.717, 1.165) is 0 Å². The van der Waals surface area contributed by atoms with Crippen molar-refractivity contribution in [3.05, 3.63) is 55.2 Å². The van der Waals surface area contributed by atoms with E-state index in [1.165, 1.54) is 51.4 Å². The maximum atomic E-state index is 3.78. The van der Waals surface area contributed by atoms with Gasteiger partial charge in [-0.3, -0.25) is 0 Å². The summed E-state index contributed by atoms with van der Waals surface area (Å²) in [6.45, 7) is 3.78. The van der Waals surface area contributed by atoms with Crippen LogP contribution in [-0.4, -0.2) is 0 Å². The molecule has 0 aromatic carbocycles. The summed E-state index contributed by atoms with van der Waals surface area (Å²) < 4.78 is 3.59. The summed E-state index contributed by atoms with van der Waals surface area (Å²) in [5.41, 5.74) is 1.70. The van der Waals surface area contributed by atoms with Crippen molar-refractivity contribution in [2.45, 2.75) is 51.4 Å². The number of hydrogen-bond acceptors (Lipinski definition) is 0. The van der Waals surface area contributed by atoms with Gasteiger partial charge in [0.05, 0.1) is 0 Å². The summed E-state index contributed by atoms with van der Waals surface area (Å²) >= 11 is -0.426. The summed E-state index contributed by atoms with van der Waals surface area (Å²) in [6.07, 6.45) is 24.2. The van der Waals surface area contributed by atoms with Gasteiger partial charge in [-0.25, -0.2) is 0 Å². The fourth-order valence-electron chi connectivity index (χ4n) is 2.61. The van der Waals surface area contributed by atoms with E-state index in [1.807, 2.05) is 9.36 Å². The van der Waals surface area contributed by atoms with E-state index < -0.39 is 23.2 Å². The molecule has 0 aliphatic heterocycles. The molecule has 0 saturated heterocycles. The van der Waals surface area contributed by atoms with Gasteiger partial charge in [-0.15, -0.1) is 24.8 Å². The van der Waals surface area contributed by atoms with Gasteiger partial charge in [0.2, 0.25) is 0 Å². The molecule has 0 nitrogen and oxygen atoms in total. The van der Waals surface area contributed by atoms with Crippen molar-refractivity contribution in [1.29, 1.82) is 0 Å². The summed E-state index contributed by atoms with van der Waals surface area (Å²) in [7, 11) is 0. The molecule has 0 heterocycles. The Bertz CT molecular complexity index is 430. The fourth-order valence-corrected chi connectivity index (χ4v) is 5.99. The van der Waals surface area contributed by atoms with Crippen molar-refractivity contribution < 1.29 is 23.2 Å². The summed E-state index contributed by atoms with van der Waals surface area (Å²) in [5.74, 6) is 0. The van der Waals surface area contributed by atoms with Crippen molar-refractivity contribution in [2.75, 3.05) is 0 Å². The normalized spacial score (nSPS) is 15.5. The summed E-state index contributed by atoms with van der Waals surface area (Å²) in [5, 5.41) is 0. The molecule has 116 valence electrons. The van der Waals surface area contributed by atoms with Crippen LogP contribution in [0.3, 0.4) is 0 Å². The molecule has 0 spiro atoms. The molecule has 0 bridgehead atoms. The predicted molar refractivity (Wildman–Crippen MR) is 95.0 cm³/mol. The van der Waals surface area contributed by atoms with Crippen LogP contribution in [0.25, 0.3) is 0 Å². The Kier molecular flexibility index (Phi) is 12.8. The van der Waals surface area contributed by atoms with Gasteiger partial charge in [0.15, 0.2) is 0 Å². The molecular formula is C18H26Cl2Zr. The Labute approximate surface area is 153 Å². The average Bonchev–Trinajstić information content (AvgIpc) is 3.06. The van der Waals surface area contributed by atoms with Gasteiger partial charge in [0.1, 0.15) is 0 Å². The monoisotopic (exact) mass is 402 g/mol. The minimum absolute atomic E-state index is 0. The van der Waals surface area contributed by atoms with Gasteiger partial charge in [0.25, 0.3) is 0 Å². The van der Waals surface area contributed by atoms with Crippen molar-refractivity contribution >= 4 is 24.8 Å². The smallest absolute Gasteiger partial charge is 0.147 e.